The second-order valence-electron chi connectivity index (χ2n) is 5.67. The predicted molar refractivity (Wildman–Crippen MR) is 87.4 cm³/mol. The fourth-order valence-corrected chi connectivity index (χ4v) is 2.03. The number of aliphatic hydroxyl groups is 1. The number of amides is 1. The standard InChI is InChI=1S/C17H18N2O5/c1-17(18,9-20)16(21)19-11-2-4-12(5-3-11)24-13-6-7-14-15(8-13)23-10-22-14/h2-8,20H,9-10,18H2,1H3,(H,19,21). The highest BCUT2D eigenvalue weighted by Gasteiger charge is 2.27. The number of fused-ring (bicyclic) bond motifs is 1. The van der Waals surface area contributed by atoms with E-state index in [0.717, 1.165) is 0 Å². The molecule has 126 valence electrons. The van der Waals surface area contributed by atoms with E-state index in [1.807, 2.05) is 0 Å². The number of anilines is 1. The van der Waals surface area contributed by atoms with Gasteiger partial charge in [-0.3, -0.25) is 4.79 Å². The predicted octanol–water partition coefficient (Wildman–Crippen LogP) is 1.86. The number of aliphatic hydroxyl groups excluding tert-OH is 1. The third-order valence-corrected chi connectivity index (χ3v) is 3.54. The van der Waals surface area contributed by atoms with Gasteiger partial charge in [-0.2, -0.15) is 0 Å². The molecule has 2 aromatic carbocycles. The van der Waals surface area contributed by atoms with Crippen molar-refractivity contribution in [1.29, 1.82) is 0 Å². The molecular formula is C17H18N2O5. The zero-order valence-corrected chi connectivity index (χ0v) is 13.1. The molecule has 0 spiro atoms. The molecule has 0 aromatic heterocycles. The monoisotopic (exact) mass is 330 g/mol. The number of hydrogen-bond donors (Lipinski definition) is 3. The van der Waals surface area contributed by atoms with Gasteiger partial charge in [0.05, 0.1) is 6.61 Å². The van der Waals surface area contributed by atoms with Gasteiger partial charge in [0.25, 0.3) is 0 Å². The number of nitrogens with two attached hydrogens (primary N) is 1. The number of carbonyl (C=O) groups excluding carboxylic acids is 1. The summed E-state index contributed by atoms with van der Waals surface area (Å²) in [5.41, 5.74) is 4.90. The van der Waals surface area contributed by atoms with Crippen molar-refractivity contribution in [2.45, 2.75) is 12.5 Å². The zero-order chi connectivity index (χ0) is 17.2. The minimum absolute atomic E-state index is 0.209. The maximum Gasteiger partial charge on any atom is 0.246 e. The first-order chi connectivity index (χ1) is 11.5. The molecule has 1 unspecified atom stereocenters. The van der Waals surface area contributed by atoms with Crippen molar-refractivity contribution < 1.29 is 24.1 Å². The molecule has 1 heterocycles. The van der Waals surface area contributed by atoms with Crippen LogP contribution in [0.5, 0.6) is 23.0 Å². The summed E-state index contributed by atoms with van der Waals surface area (Å²) in [6, 6.07) is 12.1. The molecule has 0 fully saturated rings. The van der Waals surface area contributed by atoms with Crippen LogP contribution >= 0.6 is 0 Å². The summed E-state index contributed by atoms with van der Waals surface area (Å²) < 4.78 is 16.3. The molecule has 24 heavy (non-hydrogen) atoms. The van der Waals surface area contributed by atoms with Crippen LogP contribution in [0.4, 0.5) is 5.69 Å². The lowest BCUT2D eigenvalue weighted by molar-refractivity contribution is -0.121. The van der Waals surface area contributed by atoms with Crippen LogP contribution in [-0.4, -0.2) is 30.0 Å². The molecule has 1 aliphatic heterocycles. The molecule has 0 saturated heterocycles. The Morgan fingerprint density at radius 3 is 2.58 bits per heavy atom. The number of hydrogen-bond acceptors (Lipinski definition) is 6. The zero-order valence-electron chi connectivity index (χ0n) is 13.1. The Bertz CT molecular complexity index is 743. The van der Waals surface area contributed by atoms with Gasteiger partial charge in [-0.25, -0.2) is 0 Å². The Balaban J connectivity index is 1.65. The van der Waals surface area contributed by atoms with Crippen molar-refractivity contribution in [3.05, 3.63) is 42.5 Å². The van der Waals surface area contributed by atoms with Crippen molar-refractivity contribution in [3.8, 4) is 23.0 Å². The van der Waals surface area contributed by atoms with E-state index in [-0.39, 0.29) is 6.79 Å². The minimum atomic E-state index is -1.33. The second-order valence-corrected chi connectivity index (χ2v) is 5.67. The molecule has 0 radical (unpaired) electrons. The Kier molecular flexibility index (Phi) is 4.28. The van der Waals surface area contributed by atoms with Gasteiger partial charge in [0.1, 0.15) is 17.0 Å². The summed E-state index contributed by atoms with van der Waals surface area (Å²) in [6.45, 7) is 1.23. The number of ether oxygens (including phenoxy) is 3. The molecule has 0 bridgehead atoms. The minimum Gasteiger partial charge on any atom is -0.457 e. The van der Waals surface area contributed by atoms with Gasteiger partial charge < -0.3 is 30.4 Å². The molecule has 7 nitrogen and oxygen atoms in total. The number of nitrogens with one attached hydrogen (secondary N) is 1. The first-order valence-electron chi connectivity index (χ1n) is 7.37. The molecule has 3 rings (SSSR count). The van der Waals surface area contributed by atoms with Gasteiger partial charge >= 0.3 is 0 Å². The van der Waals surface area contributed by atoms with Gasteiger partial charge in [-0.1, -0.05) is 0 Å². The van der Waals surface area contributed by atoms with E-state index in [4.69, 9.17) is 25.1 Å². The highest BCUT2D eigenvalue weighted by Crippen LogP contribution is 2.36. The van der Waals surface area contributed by atoms with Crippen LogP contribution in [-0.2, 0) is 4.79 Å². The molecule has 0 aliphatic carbocycles. The van der Waals surface area contributed by atoms with E-state index in [9.17, 15) is 4.79 Å². The Labute approximate surface area is 138 Å². The van der Waals surface area contributed by atoms with E-state index < -0.39 is 18.1 Å². The Morgan fingerprint density at radius 2 is 1.88 bits per heavy atom. The SMILES string of the molecule is CC(N)(CO)C(=O)Nc1ccc(Oc2ccc3c(c2)OCO3)cc1. The maximum atomic E-state index is 11.9. The quantitative estimate of drug-likeness (QED) is 0.773. The summed E-state index contributed by atoms with van der Waals surface area (Å²) in [4.78, 5) is 11.9. The smallest absolute Gasteiger partial charge is 0.246 e. The summed E-state index contributed by atoms with van der Waals surface area (Å²) in [6.07, 6.45) is 0. The maximum absolute atomic E-state index is 11.9. The highest BCUT2D eigenvalue weighted by atomic mass is 16.7. The van der Waals surface area contributed by atoms with Crippen molar-refractivity contribution in [1.82, 2.24) is 0 Å². The third kappa shape index (κ3) is 3.42. The van der Waals surface area contributed by atoms with Gasteiger partial charge in [0.2, 0.25) is 12.7 Å². The molecule has 1 amide bonds. The number of rotatable bonds is 5. The molecule has 1 aliphatic rings. The van der Waals surface area contributed by atoms with Gasteiger partial charge in [0.15, 0.2) is 11.5 Å². The molecule has 2 aromatic rings. The normalized spacial score (nSPS) is 14.8. The van der Waals surface area contributed by atoms with Crippen molar-refractivity contribution in [2.24, 2.45) is 5.73 Å². The largest absolute Gasteiger partial charge is 0.457 e. The summed E-state index contributed by atoms with van der Waals surface area (Å²) in [7, 11) is 0. The fraction of sp³-hybridized carbons (Fsp3) is 0.235. The Hall–Kier alpha value is -2.77. The van der Waals surface area contributed by atoms with Crippen LogP contribution in [0.15, 0.2) is 42.5 Å². The van der Waals surface area contributed by atoms with E-state index in [1.54, 1.807) is 42.5 Å². The first-order valence-corrected chi connectivity index (χ1v) is 7.37. The van der Waals surface area contributed by atoms with E-state index >= 15 is 0 Å². The topological polar surface area (TPSA) is 103 Å². The molecular weight excluding hydrogens is 312 g/mol. The van der Waals surface area contributed by atoms with Crippen LogP contribution in [0.1, 0.15) is 6.92 Å². The van der Waals surface area contributed by atoms with Crippen molar-refractivity contribution in [2.75, 3.05) is 18.7 Å². The van der Waals surface area contributed by atoms with Crippen LogP contribution < -0.4 is 25.3 Å². The second kappa shape index (κ2) is 6.38. The van der Waals surface area contributed by atoms with Crippen molar-refractivity contribution >= 4 is 11.6 Å². The lowest BCUT2D eigenvalue weighted by Gasteiger charge is -2.20. The fourth-order valence-electron chi connectivity index (χ4n) is 2.03. The first kappa shape index (κ1) is 16.1. The van der Waals surface area contributed by atoms with Gasteiger partial charge in [-0.15, -0.1) is 0 Å². The molecule has 7 heteroatoms. The molecule has 1 atom stereocenters. The van der Waals surface area contributed by atoms with E-state index in [1.165, 1.54) is 6.92 Å². The molecule has 4 N–H and O–H groups in total. The summed E-state index contributed by atoms with van der Waals surface area (Å²) in [5.74, 6) is 2.08. The molecule has 0 saturated carbocycles. The average molecular weight is 330 g/mol. The lowest BCUT2D eigenvalue weighted by atomic mass is 10.0. The van der Waals surface area contributed by atoms with Gasteiger partial charge in [-0.05, 0) is 43.3 Å². The van der Waals surface area contributed by atoms with E-state index in [0.29, 0.717) is 28.7 Å². The van der Waals surface area contributed by atoms with E-state index in [2.05, 4.69) is 5.32 Å². The summed E-state index contributed by atoms with van der Waals surface area (Å²) in [5, 5.41) is 11.7. The van der Waals surface area contributed by atoms with Crippen LogP contribution in [0.2, 0.25) is 0 Å². The van der Waals surface area contributed by atoms with Crippen LogP contribution in [0.3, 0.4) is 0 Å². The van der Waals surface area contributed by atoms with Crippen LogP contribution in [0.25, 0.3) is 0 Å². The lowest BCUT2D eigenvalue weighted by Crippen LogP contribution is -2.51. The van der Waals surface area contributed by atoms with Crippen molar-refractivity contribution in [3.63, 3.8) is 0 Å². The third-order valence-electron chi connectivity index (χ3n) is 3.54. The summed E-state index contributed by atoms with van der Waals surface area (Å²) >= 11 is 0. The van der Waals surface area contributed by atoms with Gasteiger partial charge in [0, 0.05) is 11.8 Å². The van der Waals surface area contributed by atoms with Crippen LogP contribution in [0, 0.1) is 0 Å². The Morgan fingerprint density at radius 1 is 1.21 bits per heavy atom. The highest BCUT2D eigenvalue weighted by molar-refractivity contribution is 5.97. The number of carbonyl (C=O) groups is 1. The number of benzene rings is 2. The average Bonchev–Trinajstić information content (AvgIpc) is 3.04.